The lowest BCUT2D eigenvalue weighted by atomic mass is 10.1. The van der Waals surface area contributed by atoms with Gasteiger partial charge in [-0.25, -0.2) is 0 Å². The fourth-order valence-corrected chi connectivity index (χ4v) is 3.55. The molecule has 0 N–H and O–H groups in total. The molecule has 3 aromatic rings. The summed E-state index contributed by atoms with van der Waals surface area (Å²) in [5.74, 6) is 0.873. The van der Waals surface area contributed by atoms with Crippen LogP contribution >= 0.6 is 0 Å². The number of hydrogen-bond donors (Lipinski definition) is 0. The van der Waals surface area contributed by atoms with Crippen LogP contribution in [0.3, 0.4) is 0 Å². The lowest BCUT2D eigenvalue weighted by Gasteiger charge is -2.22. The van der Waals surface area contributed by atoms with E-state index in [1.165, 1.54) is 11.1 Å². The fourth-order valence-electron chi connectivity index (χ4n) is 3.55. The Balaban J connectivity index is 1.50. The predicted molar refractivity (Wildman–Crippen MR) is 109 cm³/mol. The third-order valence-corrected chi connectivity index (χ3v) is 5.01. The van der Waals surface area contributed by atoms with Crippen molar-refractivity contribution in [3.63, 3.8) is 0 Å². The highest BCUT2D eigenvalue weighted by atomic mass is 16.5. The van der Waals surface area contributed by atoms with Gasteiger partial charge in [-0.05, 0) is 29.8 Å². The van der Waals surface area contributed by atoms with Gasteiger partial charge in [0, 0.05) is 32.4 Å². The number of benzene rings is 2. The normalized spacial score (nSPS) is 12.8. The molecular formula is C22H24N4O2. The van der Waals surface area contributed by atoms with Crippen molar-refractivity contribution >= 4 is 11.6 Å². The maximum absolute atomic E-state index is 12.5. The summed E-state index contributed by atoms with van der Waals surface area (Å²) in [6.07, 6.45) is 2.11. The Morgan fingerprint density at radius 3 is 2.54 bits per heavy atom. The molecule has 6 heteroatoms. The Labute approximate surface area is 164 Å². The van der Waals surface area contributed by atoms with E-state index in [1.54, 1.807) is 26.1 Å². The molecule has 144 valence electrons. The summed E-state index contributed by atoms with van der Waals surface area (Å²) in [5, 5.41) is 4.76. The van der Waals surface area contributed by atoms with Crippen molar-refractivity contribution < 1.29 is 9.53 Å². The number of rotatable bonds is 5. The van der Waals surface area contributed by atoms with E-state index >= 15 is 0 Å². The van der Waals surface area contributed by atoms with E-state index in [-0.39, 0.29) is 5.91 Å². The summed E-state index contributed by atoms with van der Waals surface area (Å²) >= 11 is 0. The zero-order valence-corrected chi connectivity index (χ0v) is 16.4. The van der Waals surface area contributed by atoms with Crippen molar-refractivity contribution in [2.45, 2.75) is 19.6 Å². The van der Waals surface area contributed by atoms with Crippen LogP contribution in [0.1, 0.15) is 27.2 Å². The minimum atomic E-state index is 0.0183. The Kier molecular flexibility index (Phi) is 4.77. The molecule has 28 heavy (non-hydrogen) atoms. The molecule has 0 unspecified atom stereocenters. The topological polar surface area (TPSA) is 50.6 Å². The lowest BCUT2D eigenvalue weighted by Crippen LogP contribution is -2.25. The van der Waals surface area contributed by atoms with Crippen LogP contribution in [0.2, 0.25) is 0 Å². The molecule has 0 fully saturated rings. The first-order valence-corrected chi connectivity index (χ1v) is 9.29. The van der Waals surface area contributed by atoms with Gasteiger partial charge in [-0.1, -0.05) is 24.3 Å². The van der Waals surface area contributed by atoms with Crippen molar-refractivity contribution in [2.75, 3.05) is 26.1 Å². The monoisotopic (exact) mass is 376 g/mol. The smallest absolute Gasteiger partial charge is 0.255 e. The number of methoxy groups -OCH3 is 1. The number of anilines is 1. The quantitative estimate of drug-likeness (QED) is 0.686. The first-order chi connectivity index (χ1) is 13.5. The Morgan fingerprint density at radius 1 is 1.11 bits per heavy atom. The van der Waals surface area contributed by atoms with Gasteiger partial charge in [-0.2, -0.15) is 5.10 Å². The van der Waals surface area contributed by atoms with Gasteiger partial charge in [0.05, 0.1) is 37.1 Å². The molecule has 4 rings (SSSR count). The predicted octanol–water partition coefficient (Wildman–Crippen LogP) is 3.16. The fraction of sp³-hybridized carbons (Fsp3) is 0.273. The van der Waals surface area contributed by atoms with Gasteiger partial charge in [0.1, 0.15) is 5.75 Å². The van der Waals surface area contributed by atoms with Crippen molar-refractivity contribution in [2.24, 2.45) is 0 Å². The third-order valence-electron chi connectivity index (χ3n) is 5.01. The SMILES string of the molecule is COc1ccc(Cn2cc3c(n2)CN(c2ccccc2C(=O)N(C)C)C3)cc1. The van der Waals surface area contributed by atoms with Crippen LogP contribution in [0.5, 0.6) is 5.75 Å². The molecule has 2 heterocycles. The Morgan fingerprint density at radius 2 is 1.86 bits per heavy atom. The molecule has 2 aromatic carbocycles. The summed E-state index contributed by atoms with van der Waals surface area (Å²) in [4.78, 5) is 16.3. The average Bonchev–Trinajstić information content (AvgIpc) is 3.26. The number of nitrogens with zero attached hydrogens (tertiary/aromatic N) is 4. The maximum Gasteiger partial charge on any atom is 0.255 e. The number of amides is 1. The third kappa shape index (κ3) is 3.45. The van der Waals surface area contributed by atoms with Gasteiger partial charge in [0.25, 0.3) is 5.91 Å². The molecule has 1 aromatic heterocycles. The first-order valence-electron chi connectivity index (χ1n) is 9.29. The zero-order valence-electron chi connectivity index (χ0n) is 16.4. The summed E-state index contributed by atoms with van der Waals surface area (Å²) in [7, 11) is 5.23. The van der Waals surface area contributed by atoms with Crippen LogP contribution in [0.25, 0.3) is 0 Å². The molecule has 0 spiro atoms. The van der Waals surface area contributed by atoms with E-state index in [0.717, 1.165) is 35.8 Å². The average molecular weight is 376 g/mol. The number of carbonyl (C=O) groups is 1. The van der Waals surface area contributed by atoms with Crippen LogP contribution in [0.15, 0.2) is 54.7 Å². The highest BCUT2D eigenvalue weighted by Crippen LogP contribution is 2.30. The van der Waals surface area contributed by atoms with Gasteiger partial charge in [0.2, 0.25) is 0 Å². The van der Waals surface area contributed by atoms with E-state index in [2.05, 4.69) is 23.2 Å². The van der Waals surface area contributed by atoms with Crippen molar-refractivity contribution in [1.29, 1.82) is 0 Å². The highest BCUT2D eigenvalue weighted by molar-refractivity contribution is 5.99. The summed E-state index contributed by atoms with van der Waals surface area (Å²) in [5.41, 5.74) is 5.15. The number of hydrogen-bond acceptors (Lipinski definition) is 4. The standard InChI is InChI=1S/C22H24N4O2/c1-24(2)22(27)19-6-4-5-7-21(19)25-13-17-14-26(23-20(17)15-25)12-16-8-10-18(28-3)11-9-16/h4-11,14H,12-13,15H2,1-3H3. The molecule has 0 saturated carbocycles. The second kappa shape index (κ2) is 7.38. The van der Waals surface area contributed by atoms with E-state index in [9.17, 15) is 4.79 Å². The minimum absolute atomic E-state index is 0.0183. The van der Waals surface area contributed by atoms with E-state index in [4.69, 9.17) is 9.84 Å². The van der Waals surface area contributed by atoms with E-state index in [1.807, 2.05) is 41.1 Å². The Hall–Kier alpha value is -3.28. The van der Waals surface area contributed by atoms with Crippen LogP contribution in [0, 0.1) is 0 Å². The number of carbonyl (C=O) groups excluding carboxylic acids is 1. The van der Waals surface area contributed by atoms with Crippen LogP contribution in [0.4, 0.5) is 5.69 Å². The van der Waals surface area contributed by atoms with E-state index < -0.39 is 0 Å². The second-order valence-electron chi connectivity index (χ2n) is 7.22. The molecule has 1 amide bonds. The maximum atomic E-state index is 12.5. The first kappa shape index (κ1) is 18.1. The molecule has 0 bridgehead atoms. The van der Waals surface area contributed by atoms with Crippen molar-refractivity contribution in [1.82, 2.24) is 14.7 Å². The van der Waals surface area contributed by atoms with Crippen LogP contribution in [-0.4, -0.2) is 41.8 Å². The van der Waals surface area contributed by atoms with Gasteiger partial charge in [-0.15, -0.1) is 0 Å². The van der Waals surface area contributed by atoms with Crippen molar-refractivity contribution in [3.8, 4) is 5.75 Å². The van der Waals surface area contributed by atoms with Gasteiger partial charge in [-0.3, -0.25) is 9.48 Å². The summed E-state index contributed by atoms with van der Waals surface area (Å²) in [6, 6.07) is 15.8. The second-order valence-corrected chi connectivity index (χ2v) is 7.22. The number of para-hydroxylation sites is 1. The molecule has 0 radical (unpaired) electrons. The van der Waals surface area contributed by atoms with Gasteiger partial charge in [0.15, 0.2) is 0 Å². The summed E-state index contributed by atoms with van der Waals surface area (Å²) < 4.78 is 7.20. The number of fused-ring (bicyclic) bond motifs is 1. The summed E-state index contributed by atoms with van der Waals surface area (Å²) in [6.45, 7) is 2.20. The van der Waals surface area contributed by atoms with Crippen LogP contribution in [-0.2, 0) is 19.6 Å². The molecule has 0 atom stereocenters. The minimum Gasteiger partial charge on any atom is -0.497 e. The zero-order chi connectivity index (χ0) is 19.7. The molecule has 1 aliphatic heterocycles. The van der Waals surface area contributed by atoms with Gasteiger partial charge < -0.3 is 14.5 Å². The molecular weight excluding hydrogens is 352 g/mol. The largest absolute Gasteiger partial charge is 0.497 e. The number of ether oxygens (including phenoxy) is 1. The molecule has 0 aliphatic carbocycles. The molecule has 0 saturated heterocycles. The molecule has 6 nitrogen and oxygen atoms in total. The van der Waals surface area contributed by atoms with E-state index in [0.29, 0.717) is 6.54 Å². The Bertz CT molecular complexity index is 969. The number of aromatic nitrogens is 2. The van der Waals surface area contributed by atoms with Crippen LogP contribution < -0.4 is 9.64 Å². The molecule has 1 aliphatic rings. The lowest BCUT2D eigenvalue weighted by molar-refractivity contribution is 0.0828. The highest BCUT2D eigenvalue weighted by Gasteiger charge is 2.26. The van der Waals surface area contributed by atoms with Gasteiger partial charge >= 0.3 is 0 Å². The van der Waals surface area contributed by atoms with Crippen molar-refractivity contribution in [3.05, 3.63) is 77.1 Å².